The molecule has 5 heteroatoms. The minimum Gasteiger partial charge on any atom is -0.465 e. The standard InChI is InChI=1S/C21H30O5/c1-3-25-19(22)18(20(23)26-4-2)21(13-9-6-10-14-21)16-24-15-17-11-7-5-8-12-17/h5,7-8,11-12,18H,3-4,6,9-10,13-16H2,1-2H3. The number of ether oxygens (including phenoxy) is 3. The summed E-state index contributed by atoms with van der Waals surface area (Å²) < 4.78 is 16.4. The van der Waals surface area contributed by atoms with Gasteiger partial charge in [-0.05, 0) is 32.3 Å². The highest BCUT2D eigenvalue weighted by molar-refractivity contribution is 5.96. The van der Waals surface area contributed by atoms with Gasteiger partial charge in [0, 0.05) is 5.41 Å². The van der Waals surface area contributed by atoms with Gasteiger partial charge in [-0.3, -0.25) is 9.59 Å². The zero-order valence-corrected chi connectivity index (χ0v) is 15.9. The van der Waals surface area contributed by atoms with Crippen LogP contribution in [0.5, 0.6) is 0 Å². The highest BCUT2D eigenvalue weighted by Crippen LogP contribution is 2.44. The number of carbonyl (C=O) groups excluding carboxylic acids is 2. The zero-order valence-electron chi connectivity index (χ0n) is 15.9. The van der Waals surface area contributed by atoms with E-state index in [1.165, 1.54) is 0 Å². The number of esters is 2. The predicted molar refractivity (Wildman–Crippen MR) is 98.4 cm³/mol. The Kier molecular flexibility index (Phi) is 8.10. The van der Waals surface area contributed by atoms with Crippen LogP contribution in [-0.2, 0) is 30.4 Å². The fraction of sp³-hybridized carbons (Fsp3) is 0.619. The third kappa shape index (κ3) is 5.31. The molecule has 1 aromatic carbocycles. The van der Waals surface area contributed by atoms with Crippen LogP contribution in [0.15, 0.2) is 30.3 Å². The van der Waals surface area contributed by atoms with Crippen LogP contribution in [0.4, 0.5) is 0 Å². The third-order valence-electron chi connectivity index (χ3n) is 5.01. The molecule has 1 saturated carbocycles. The average molecular weight is 362 g/mol. The van der Waals surface area contributed by atoms with E-state index in [-0.39, 0.29) is 13.2 Å². The summed E-state index contributed by atoms with van der Waals surface area (Å²) in [5, 5.41) is 0. The Balaban J connectivity index is 2.17. The van der Waals surface area contributed by atoms with E-state index < -0.39 is 23.3 Å². The van der Waals surface area contributed by atoms with Crippen molar-refractivity contribution in [3.63, 3.8) is 0 Å². The molecule has 1 aliphatic rings. The largest absolute Gasteiger partial charge is 0.465 e. The summed E-state index contributed by atoms with van der Waals surface area (Å²) in [5.41, 5.74) is 0.521. The number of hydrogen-bond donors (Lipinski definition) is 0. The zero-order chi connectivity index (χ0) is 18.8. The highest BCUT2D eigenvalue weighted by atomic mass is 16.6. The maximum absolute atomic E-state index is 12.6. The van der Waals surface area contributed by atoms with E-state index in [2.05, 4.69) is 0 Å². The van der Waals surface area contributed by atoms with Crippen molar-refractivity contribution in [2.75, 3.05) is 19.8 Å². The van der Waals surface area contributed by atoms with E-state index in [4.69, 9.17) is 14.2 Å². The Morgan fingerprint density at radius 3 is 2.08 bits per heavy atom. The Morgan fingerprint density at radius 2 is 1.54 bits per heavy atom. The van der Waals surface area contributed by atoms with Gasteiger partial charge in [0.2, 0.25) is 0 Å². The number of benzene rings is 1. The first-order valence-corrected chi connectivity index (χ1v) is 9.58. The Labute approximate surface area is 156 Å². The van der Waals surface area contributed by atoms with Gasteiger partial charge in [-0.15, -0.1) is 0 Å². The molecular formula is C21H30O5. The second-order valence-electron chi connectivity index (χ2n) is 6.84. The van der Waals surface area contributed by atoms with Gasteiger partial charge in [0.25, 0.3) is 0 Å². The number of hydrogen-bond acceptors (Lipinski definition) is 5. The molecular weight excluding hydrogens is 332 g/mol. The van der Waals surface area contributed by atoms with Gasteiger partial charge in [-0.1, -0.05) is 49.6 Å². The minimum absolute atomic E-state index is 0.246. The van der Waals surface area contributed by atoms with E-state index in [1.54, 1.807) is 13.8 Å². The molecule has 0 aliphatic heterocycles. The molecule has 0 atom stereocenters. The molecule has 144 valence electrons. The molecule has 0 unspecified atom stereocenters. The summed E-state index contributed by atoms with van der Waals surface area (Å²) in [6.45, 7) is 4.80. The number of rotatable bonds is 9. The first-order valence-electron chi connectivity index (χ1n) is 9.58. The van der Waals surface area contributed by atoms with Crippen molar-refractivity contribution in [2.24, 2.45) is 11.3 Å². The van der Waals surface area contributed by atoms with Gasteiger partial charge >= 0.3 is 11.9 Å². The van der Waals surface area contributed by atoms with Gasteiger partial charge < -0.3 is 14.2 Å². The topological polar surface area (TPSA) is 61.8 Å². The summed E-state index contributed by atoms with van der Waals surface area (Å²) in [5.74, 6) is -1.90. The molecule has 0 saturated heterocycles. The molecule has 1 aliphatic carbocycles. The van der Waals surface area contributed by atoms with Crippen LogP contribution in [-0.4, -0.2) is 31.8 Å². The van der Waals surface area contributed by atoms with Gasteiger partial charge in [0.15, 0.2) is 5.92 Å². The Hall–Kier alpha value is -1.88. The van der Waals surface area contributed by atoms with Gasteiger partial charge in [0.05, 0.1) is 26.4 Å². The lowest BCUT2D eigenvalue weighted by Crippen LogP contribution is -2.47. The lowest BCUT2D eigenvalue weighted by molar-refractivity contribution is -0.173. The van der Waals surface area contributed by atoms with Crippen LogP contribution in [0.3, 0.4) is 0 Å². The molecule has 0 aromatic heterocycles. The maximum Gasteiger partial charge on any atom is 0.320 e. The third-order valence-corrected chi connectivity index (χ3v) is 5.01. The van der Waals surface area contributed by atoms with Crippen molar-refractivity contribution in [1.82, 2.24) is 0 Å². The molecule has 0 N–H and O–H groups in total. The van der Waals surface area contributed by atoms with E-state index in [1.807, 2.05) is 30.3 Å². The quantitative estimate of drug-likeness (QED) is 0.492. The minimum atomic E-state index is -0.918. The molecule has 0 spiro atoms. The van der Waals surface area contributed by atoms with Crippen molar-refractivity contribution >= 4 is 11.9 Å². The van der Waals surface area contributed by atoms with Gasteiger partial charge in [0.1, 0.15) is 0 Å². The van der Waals surface area contributed by atoms with Crippen molar-refractivity contribution in [3.05, 3.63) is 35.9 Å². The predicted octanol–water partition coefficient (Wildman–Crippen LogP) is 3.90. The van der Waals surface area contributed by atoms with E-state index in [0.717, 1.165) is 37.7 Å². The van der Waals surface area contributed by atoms with Crippen LogP contribution in [0.1, 0.15) is 51.5 Å². The highest BCUT2D eigenvalue weighted by Gasteiger charge is 2.50. The first kappa shape index (κ1) is 20.4. The summed E-state index contributed by atoms with van der Waals surface area (Å²) in [4.78, 5) is 25.2. The smallest absolute Gasteiger partial charge is 0.320 e. The fourth-order valence-electron chi connectivity index (χ4n) is 3.77. The van der Waals surface area contributed by atoms with Gasteiger partial charge in [-0.2, -0.15) is 0 Å². The lowest BCUT2D eigenvalue weighted by atomic mass is 9.66. The lowest BCUT2D eigenvalue weighted by Gasteiger charge is -2.40. The van der Waals surface area contributed by atoms with Crippen LogP contribution < -0.4 is 0 Å². The van der Waals surface area contributed by atoms with Crippen molar-refractivity contribution in [3.8, 4) is 0 Å². The molecule has 5 nitrogen and oxygen atoms in total. The Morgan fingerprint density at radius 1 is 0.962 bits per heavy atom. The summed E-state index contributed by atoms with van der Waals surface area (Å²) in [7, 11) is 0. The van der Waals surface area contributed by atoms with E-state index >= 15 is 0 Å². The van der Waals surface area contributed by atoms with Gasteiger partial charge in [-0.25, -0.2) is 0 Å². The maximum atomic E-state index is 12.6. The molecule has 0 bridgehead atoms. The van der Waals surface area contributed by atoms with E-state index in [9.17, 15) is 9.59 Å². The normalized spacial score (nSPS) is 16.3. The summed E-state index contributed by atoms with van der Waals surface area (Å²) >= 11 is 0. The molecule has 1 aromatic rings. The van der Waals surface area contributed by atoms with Crippen LogP contribution in [0, 0.1) is 11.3 Å². The summed E-state index contributed by atoms with van der Waals surface area (Å²) in [6, 6.07) is 9.90. The molecule has 0 radical (unpaired) electrons. The van der Waals surface area contributed by atoms with Crippen LogP contribution in [0.2, 0.25) is 0 Å². The fourth-order valence-corrected chi connectivity index (χ4v) is 3.77. The average Bonchev–Trinajstić information content (AvgIpc) is 2.64. The summed E-state index contributed by atoms with van der Waals surface area (Å²) in [6.07, 6.45) is 4.60. The molecule has 0 heterocycles. The van der Waals surface area contributed by atoms with Crippen molar-refractivity contribution < 1.29 is 23.8 Å². The molecule has 26 heavy (non-hydrogen) atoms. The van der Waals surface area contributed by atoms with Crippen molar-refractivity contribution in [1.29, 1.82) is 0 Å². The SMILES string of the molecule is CCOC(=O)C(C(=O)OCC)C1(COCc2ccccc2)CCCCC1. The monoisotopic (exact) mass is 362 g/mol. The number of carbonyl (C=O) groups is 2. The second-order valence-corrected chi connectivity index (χ2v) is 6.84. The second kappa shape index (κ2) is 10.3. The van der Waals surface area contributed by atoms with Crippen molar-refractivity contribution in [2.45, 2.75) is 52.6 Å². The van der Waals surface area contributed by atoms with E-state index in [0.29, 0.717) is 13.2 Å². The first-order chi connectivity index (χ1) is 12.6. The Bertz CT molecular complexity index is 545. The van der Waals surface area contributed by atoms with Crippen LogP contribution >= 0.6 is 0 Å². The molecule has 1 fully saturated rings. The molecule has 0 amide bonds. The van der Waals surface area contributed by atoms with Crippen LogP contribution in [0.25, 0.3) is 0 Å². The molecule has 2 rings (SSSR count).